The smallest absolute Gasteiger partial charge is 0.236 e. The summed E-state index contributed by atoms with van der Waals surface area (Å²) in [5.41, 5.74) is 5.28. The molecule has 0 bridgehead atoms. The molecule has 1 atom stereocenters. The fourth-order valence-corrected chi connectivity index (χ4v) is 0.438. The number of carbonyl (C=O) groups is 1. The molecule has 0 saturated heterocycles. The zero-order valence-corrected chi connectivity index (χ0v) is 6.42. The third kappa shape index (κ3) is 4.09. The quantitative estimate of drug-likeness (QED) is 0.546. The average Bonchev–Trinajstić information content (AvgIpc) is 1.88. The predicted octanol–water partition coefficient (Wildman–Crippen LogP) is 0.0259. The molecule has 3 heteroatoms. The van der Waals surface area contributed by atoms with Crippen molar-refractivity contribution in [3.8, 4) is 0 Å². The summed E-state index contributed by atoms with van der Waals surface area (Å²) in [7, 11) is 0. The summed E-state index contributed by atoms with van der Waals surface area (Å²) in [6, 6.07) is -0.412. The van der Waals surface area contributed by atoms with Crippen molar-refractivity contribution in [1.82, 2.24) is 5.32 Å². The molecule has 1 amide bonds. The molecule has 0 aliphatic heterocycles. The van der Waals surface area contributed by atoms with Crippen molar-refractivity contribution in [2.24, 2.45) is 5.73 Å². The van der Waals surface area contributed by atoms with Crippen molar-refractivity contribution in [3.05, 3.63) is 12.2 Å². The van der Waals surface area contributed by atoms with E-state index in [9.17, 15) is 4.79 Å². The minimum absolute atomic E-state index is 0.113. The zero-order valence-electron chi connectivity index (χ0n) is 6.42. The van der Waals surface area contributed by atoms with Crippen LogP contribution in [-0.2, 0) is 4.79 Å². The molecule has 0 rings (SSSR count). The lowest BCUT2D eigenvalue weighted by atomic mass is 10.3. The Bertz CT molecular complexity index is 130. The van der Waals surface area contributed by atoms with Gasteiger partial charge >= 0.3 is 0 Å². The van der Waals surface area contributed by atoms with Crippen LogP contribution < -0.4 is 11.1 Å². The molecule has 0 aliphatic carbocycles. The fraction of sp³-hybridized carbons (Fsp3) is 0.571. The van der Waals surface area contributed by atoms with E-state index in [0.717, 1.165) is 0 Å². The molecule has 0 aromatic rings. The van der Waals surface area contributed by atoms with Gasteiger partial charge in [-0.25, -0.2) is 0 Å². The molecule has 3 N–H and O–H groups in total. The number of hydrogen-bond acceptors (Lipinski definition) is 2. The van der Waals surface area contributed by atoms with Crippen LogP contribution in [0.5, 0.6) is 0 Å². The predicted molar refractivity (Wildman–Crippen MR) is 41.5 cm³/mol. The Morgan fingerprint density at radius 2 is 2.40 bits per heavy atom. The summed E-state index contributed by atoms with van der Waals surface area (Å²) >= 11 is 0. The molecule has 0 fully saturated rings. The maximum absolute atomic E-state index is 10.7. The molecule has 10 heavy (non-hydrogen) atoms. The minimum Gasteiger partial charge on any atom is -0.351 e. The lowest BCUT2D eigenvalue weighted by molar-refractivity contribution is -0.121. The van der Waals surface area contributed by atoms with E-state index in [2.05, 4.69) is 5.32 Å². The standard InChI is InChI=1S/C7H14N2O/c1-3-4-5-9-7(10)6(2)8/h3-4,6H,5,8H2,1-2H3,(H,9,10)/b4-3+. The van der Waals surface area contributed by atoms with Crippen molar-refractivity contribution < 1.29 is 4.79 Å². The van der Waals surface area contributed by atoms with Crippen LogP contribution in [-0.4, -0.2) is 18.5 Å². The monoisotopic (exact) mass is 142 g/mol. The number of nitrogens with two attached hydrogens (primary N) is 1. The van der Waals surface area contributed by atoms with Crippen LogP contribution >= 0.6 is 0 Å². The van der Waals surface area contributed by atoms with Gasteiger partial charge in [-0.15, -0.1) is 0 Å². The highest BCUT2D eigenvalue weighted by Crippen LogP contribution is 1.74. The highest BCUT2D eigenvalue weighted by molar-refractivity contribution is 5.81. The second kappa shape index (κ2) is 4.99. The summed E-state index contributed by atoms with van der Waals surface area (Å²) in [5.74, 6) is -0.113. The molecule has 0 aliphatic rings. The van der Waals surface area contributed by atoms with E-state index in [1.165, 1.54) is 0 Å². The Balaban J connectivity index is 3.40. The van der Waals surface area contributed by atoms with Crippen molar-refractivity contribution >= 4 is 5.91 Å². The van der Waals surface area contributed by atoms with E-state index in [1.807, 2.05) is 19.1 Å². The van der Waals surface area contributed by atoms with E-state index in [-0.39, 0.29) is 5.91 Å². The van der Waals surface area contributed by atoms with Gasteiger partial charge in [0, 0.05) is 6.54 Å². The lowest BCUT2D eigenvalue weighted by Crippen LogP contribution is -2.38. The number of rotatable bonds is 3. The molecule has 0 radical (unpaired) electrons. The first kappa shape index (κ1) is 9.17. The highest BCUT2D eigenvalue weighted by Gasteiger charge is 2.03. The van der Waals surface area contributed by atoms with Gasteiger partial charge in [0.25, 0.3) is 0 Å². The van der Waals surface area contributed by atoms with E-state index < -0.39 is 6.04 Å². The lowest BCUT2D eigenvalue weighted by Gasteiger charge is -2.03. The van der Waals surface area contributed by atoms with Crippen LogP contribution in [0, 0.1) is 0 Å². The molecule has 0 aromatic carbocycles. The summed E-state index contributed by atoms with van der Waals surface area (Å²) in [6.45, 7) is 4.12. The van der Waals surface area contributed by atoms with Crippen molar-refractivity contribution in [2.75, 3.05) is 6.54 Å². The summed E-state index contributed by atoms with van der Waals surface area (Å²) < 4.78 is 0. The number of amides is 1. The minimum atomic E-state index is -0.412. The van der Waals surface area contributed by atoms with E-state index >= 15 is 0 Å². The van der Waals surface area contributed by atoms with Gasteiger partial charge in [0.1, 0.15) is 0 Å². The third-order valence-corrected chi connectivity index (χ3v) is 1.04. The first-order valence-corrected chi connectivity index (χ1v) is 3.33. The van der Waals surface area contributed by atoms with E-state index in [1.54, 1.807) is 6.92 Å². The summed E-state index contributed by atoms with van der Waals surface area (Å²) in [5, 5.41) is 2.63. The maximum atomic E-state index is 10.7. The molecular weight excluding hydrogens is 128 g/mol. The number of allylic oxidation sites excluding steroid dienone is 1. The summed E-state index contributed by atoms with van der Waals surface area (Å²) in [4.78, 5) is 10.7. The largest absolute Gasteiger partial charge is 0.351 e. The normalized spacial score (nSPS) is 13.5. The first-order chi connectivity index (χ1) is 4.68. The van der Waals surface area contributed by atoms with Crippen LogP contribution in [0.1, 0.15) is 13.8 Å². The van der Waals surface area contributed by atoms with Gasteiger partial charge in [-0.2, -0.15) is 0 Å². The number of nitrogens with one attached hydrogen (secondary N) is 1. The molecular formula is C7H14N2O. The van der Waals surface area contributed by atoms with Crippen molar-refractivity contribution in [1.29, 1.82) is 0 Å². The van der Waals surface area contributed by atoms with Crippen LogP contribution in [0.25, 0.3) is 0 Å². The Hall–Kier alpha value is -0.830. The van der Waals surface area contributed by atoms with E-state index in [0.29, 0.717) is 6.54 Å². The molecule has 0 saturated carbocycles. The molecule has 0 spiro atoms. The van der Waals surface area contributed by atoms with Crippen molar-refractivity contribution in [2.45, 2.75) is 19.9 Å². The molecule has 1 unspecified atom stereocenters. The Kier molecular flexibility index (Phi) is 4.58. The van der Waals surface area contributed by atoms with Gasteiger partial charge in [-0.1, -0.05) is 12.2 Å². The second-order valence-electron chi connectivity index (χ2n) is 2.10. The maximum Gasteiger partial charge on any atom is 0.236 e. The number of carbonyl (C=O) groups excluding carboxylic acids is 1. The zero-order chi connectivity index (χ0) is 7.98. The SMILES string of the molecule is C/C=C/CNC(=O)C(C)N. The van der Waals surface area contributed by atoms with Crippen LogP contribution in [0.2, 0.25) is 0 Å². The van der Waals surface area contributed by atoms with Crippen molar-refractivity contribution in [3.63, 3.8) is 0 Å². The van der Waals surface area contributed by atoms with Gasteiger partial charge in [0.2, 0.25) is 5.91 Å². The molecule has 58 valence electrons. The van der Waals surface area contributed by atoms with Crippen LogP contribution in [0.4, 0.5) is 0 Å². The van der Waals surface area contributed by atoms with Gasteiger partial charge < -0.3 is 11.1 Å². The number of hydrogen-bond donors (Lipinski definition) is 2. The molecule has 0 aromatic heterocycles. The molecule has 0 heterocycles. The first-order valence-electron chi connectivity index (χ1n) is 3.33. The average molecular weight is 142 g/mol. The highest BCUT2D eigenvalue weighted by atomic mass is 16.2. The van der Waals surface area contributed by atoms with Gasteiger partial charge in [-0.05, 0) is 13.8 Å². The van der Waals surface area contributed by atoms with Gasteiger partial charge in [-0.3, -0.25) is 4.79 Å². The Morgan fingerprint density at radius 3 is 2.80 bits per heavy atom. The fourth-order valence-electron chi connectivity index (χ4n) is 0.438. The van der Waals surface area contributed by atoms with Crippen LogP contribution in [0.15, 0.2) is 12.2 Å². The van der Waals surface area contributed by atoms with Gasteiger partial charge in [0.05, 0.1) is 6.04 Å². The second-order valence-corrected chi connectivity index (χ2v) is 2.10. The summed E-state index contributed by atoms with van der Waals surface area (Å²) in [6.07, 6.45) is 3.74. The Labute approximate surface area is 61.3 Å². The molecule has 3 nitrogen and oxygen atoms in total. The topological polar surface area (TPSA) is 55.1 Å². The van der Waals surface area contributed by atoms with Gasteiger partial charge in [0.15, 0.2) is 0 Å². The van der Waals surface area contributed by atoms with E-state index in [4.69, 9.17) is 5.73 Å². The van der Waals surface area contributed by atoms with Crippen LogP contribution in [0.3, 0.4) is 0 Å². The third-order valence-electron chi connectivity index (χ3n) is 1.04. The Morgan fingerprint density at radius 1 is 1.80 bits per heavy atom.